The number of ether oxygens (including phenoxy) is 2. The molecule has 0 radical (unpaired) electrons. The SMILES string of the molecule is N#Cc1ccc(COc2ncc(F)c(-c3ccc(Cc4nc5c(F)cc(C(=O)O)cc5n4C[C@@H]4CCO4)c(F)c3)n2)c(F)c1. The third-order valence-corrected chi connectivity index (χ3v) is 7.25. The molecular formula is C31H21F4N5O4. The Kier molecular flexibility index (Phi) is 7.67. The monoisotopic (exact) mass is 603 g/mol. The molecule has 0 unspecified atom stereocenters. The van der Waals surface area contributed by atoms with E-state index >= 15 is 4.39 Å². The van der Waals surface area contributed by atoms with Gasteiger partial charge in [-0.05, 0) is 42.3 Å². The summed E-state index contributed by atoms with van der Waals surface area (Å²) < 4.78 is 71.7. The second-order valence-corrected chi connectivity index (χ2v) is 10.1. The van der Waals surface area contributed by atoms with Crippen LogP contribution < -0.4 is 4.74 Å². The summed E-state index contributed by atoms with van der Waals surface area (Å²) in [6.45, 7) is 0.544. The molecule has 0 bridgehead atoms. The van der Waals surface area contributed by atoms with Gasteiger partial charge in [-0.2, -0.15) is 10.2 Å². The second kappa shape index (κ2) is 11.7. The Morgan fingerprint density at radius 3 is 2.48 bits per heavy atom. The number of halogens is 4. The van der Waals surface area contributed by atoms with Crippen LogP contribution in [0.25, 0.3) is 22.3 Å². The van der Waals surface area contributed by atoms with E-state index in [1.807, 2.05) is 6.07 Å². The largest absolute Gasteiger partial charge is 0.478 e. The highest BCUT2D eigenvalue weighted by atomic mass is 19.1. The molecule has 1 fully saturated rings. The van der Waals surface area contributed by atoms with Crippen LogP contribution in [0.5, 0.6) is 6.01 Å². The molecule has 1 saturated heterocycles. The van der Waals surface area contributed by atoms with Gasteiger partial charge in [0.15, 0.2) is 11.6 Å². The number of rotatable bonds is 9. The van der Waals surface area contributed by atoms with Crippen LogP contribution in [0.1, 0.15) is 39.3 Å². The van der Waals surface area contributed by atoms with Crippen molar-refractivity contribution in [2.75, 3.05) is 6.61 Å². The maximum absolute atomic E-state index is 15.4. The normalized spacial score (nSPS) is 14.3. The Morgan fingerprint density at radius 2 is 1.80 bits per heavy atom. The number of carboxylic acids is 1. The van der Waals surface area contributed by atoms with E-state index in [4.69, 9.17) is 14.7 Å². The summed E-state index contributed by atoms with van der Waals surface area (Å²) >= 11 is 0. The molecule has 222 valence electrons. The molecule has 3 aromatic carbocycles. The first-order chi connectivity index (χ1) is 21.2. The fourth-order valence-electron chi connectivity index (χ4n) is 4.83. The first kappa shape index (κ1) is 28.8. The fraction of sp³-hybridized carbons (Fsp3) is 0.194. The summed E-state index contributed by atoms with van der Waals surface area (Å²) in [4.78, 5) is 23.7. The third-order valence-electron chi connectivity index (χ3n) is 7.25. The molecule has 1 aliphatic heterocycles. The summed E-state index contributed by atoms with van der Waals surface area (Å²) in [6.07, 6.45) is 1.35. The van der Waals surface area contributed by atoms with Gasteiger partial charge in [-0.3, -0.25) is 0 Å². The lowest BCUT2D eigenvalue weighted by Gasteiger charge is -2.27. The van der Waals surface area contributed by atoms with Gasteiger partial charge < -0.3 is 19.1 Å². The van der Waals surface area contributed by atoms with Crippen LogP contribution in [-0.4, -0.2) is 43.3 Å². The van der Waals surface area contributed by atoms with Crippen LogP contribution >= 0.6 is 0 Å². The second-order valence-electron chi connectivity index (χ2n) is 10.1. The zero-order chi connectivity index (χ0) is 31.0. The highest BCUT2D eigenvalue weighted by Gasteiger charge is 2.25. The molecule has 0 spiro atoms. The molecule has 5 aromatic rings. The number of hydrogen-bond donors (Lipinski definition) is 1. The highest BCUT2D eigenvalue weighted by molar-refractivity contribution is 5.92. The Morgan fingerprint density at radius 1 is 1.02 bits per heavy atom. The number of benzene rings is 3. The summed E-state index contributed by atoms with van der Waals surface area (Å²) in [5.41, 5.74) is 0.224. The minimum atomic E-state index is -1.30. The van der Waals surface area contributed by atoms with Crippen molar-refractivity contribution in [2.45, 2.75) is 32.1 Å². The van der Waals surface area contributed by atoms with Gasteiger partial charge in [0.2, 0.25) is 0 Å². The van der Waals surface area contributed by atoms with E-state index in [1.165, 1.54) is 30.3 Å². The van der Waals surface area contributed by atoms with Crippen molar-refractivity contribution in [3.63, 3.8) is 0 Å². The van der Waals surface area contributed by atoms with Crippen LogP contribution in [0.15, 0.2) is 54.7 Å². The van der Waals surface area contributed by atoms with Crippen molar-refractivity contribution < 1.29 is 36.9 Å². The lowest BCUT2D eigenvalue weighted by molar-refractivity contribution is -0.0589. The van der Waals surface area contributed by atoms with E-state index in [9.17, 15) is 23.1 Å². The maximum Gasteiger partial charge on any atom is 0.335 e. The molecule has 0 saturated carbocycles. The number of imidazole rings is 1. The number of aromatic nitrogens is 4. The average Bonchev–Trinajstić information content (AvgIpc) is 3.33. The number of carboxylic acid groups (broad SMARTS) is 1. The van der Waals surface area contributed by atoms with Crippen LogP contribution in [0.4, 0.5) is 17.6 Å². The topological polar surface area (TPSA) is 123 Å². The first-order valence-corrected chi connectivity index (χ1v) is 13.4. The van der Waals surface area contributed by atoms with E-state index in [1.54, 1.807) is 4.57 Å². The third kappa shape index (κ3) is 5.67. The molecule has 13 heteroatoms. The van der Waals surface area contributed by atoms with Crippen molar-refractivity contribution in [3.8, 4) is 23.3 Å². The number of carbonyl (C=O) groups is 1. The quantitative estimate of drug-likeness (QED) is 0.217. The Labute approximate surface area is 247 Å². The molecule has 1 N–H and O–H groups in total. The molecule has 1 atom stereocenters. The van der Waals surface area contributed by atoms with Gasteiger partial charge in [0, 0.05) is 24.2 Å². The van der Waals surface area contributed by atoms with Crippen molar-refractivity contribution >= 4 is 17.0 Å². The molecule has 44 heavy (non-hydrogen) atoms. The van der Waals surface area contributed by atoms with Crippen molar-refractivity contribution in [1.29, 1.82) is 5.26 Å². The van der Waals surface area contributed by atoms with Crippen LogP contribution in [0.3, 0.4) is 0 Å². The Balaban J connectivity index is 1.27. The van der Waals surface area contributed by atoms with Crippen LogP contribution in [0.2, 0.25) is 0 Å². The van der Waals surface area contributed by atoms with Gasteiger partial charge in [-0.25, -0.2) is 32.3 Å². The van der Waals surface area contributed by atoms with Gasteiger partial charge >= 0.3 is 12.0 Å². The number of nitriles is 1. The van der Waals surface area contributed by atoms with E-state index in [0.717, 1.165) is 30.8 Å². The predicted molar refractivity (Wildman–Crippen MR) is 147 cm³/mol. The molecule has 6 rings (SSSR count). The van der Waals surface area contributed by atoms with Crippen molar-refractivity contribution in [2.24, 2.45) is 0 Å². The lowest BCUT2D eigenvalue weighted by Crippen LogP contribution is -2.31. The van der Waals surface area contributed by atoms with Crippen molar-refractivity contribution in [1.82, 2.24) is 19.5 Å². The summed E-state index contributed by atoms with van der Waals surface area (Å²) in [7, 11) is 0. The minimum absolute atomic E-state index is 0.0437. The number of fused-ring (bicyclic) bond motifs is 1. The molecule has 2 aromatic heterocycles. The fourth-order valence-corrected chi connectivity index (χ4v) is 4.83. The molecule has 9 nitrogen and oxygen atoms in total. The highest BCUT2D eigenvalue weighted by Crippen LogP contribution is 2.29. The average molecular weight is 604 g/mol. The standard InChI is InChI=1S/C31H21F4N5O4/c32-22-7-16(12-36)1-2-19(22)15-44-31-37-13-25(35)28(39-31)18-4-3-17(23(33)8-18)11-27-38-29-24(34)9-20(30(41)42)10-26(29)40(27)14-21-5-6-43-21/h1-4,7-10,13,21H,5-6,11,14-15H2,(H,41,42)/t21-/m0/s1. The molecule has 0 amide bonds. The summed E-state index contributed by atoms with van der Waals surface area (Å²) in [5, 5.41) is 18.3. The number of hydrogen-bond acceptors (Lipinski definition) is 7. The van der Waals surface area contributed by atoms with Gasteiger partial charge in [0.25, 0.3) is 0 Å². The Bertz CT molecular complexity index is 1970. The smallest absolute Gasteiger partial charge is 0.335 e. The summed E-state index contributed by atoms with van der Waals surface area (Å²) in [6, 6.07) is 11.6. The molecular weight excluding hydrogens is 582 g/mol. The van der Waals surface area contributed by atoms with Crippen molar-refractivity contribution in [3.05, 3.63) is 106 Å². The minimum Gasteiger partial charge on any atom is -0.478 e. The Hall–Kier alpha value is -5.35. The van der Waals surface area contributed by atoms with Gasteiger partial charge in [0.1, 0.15) is 35.3 Å². The van der Waals surface area contributed by atoms with E-state index in [2.05, 4.69) is 15.0 Å². The zero-order valence-electron chi connectivity index (χ0n) is 22.7. The zero-order valence-corrected chi connectivity index (χ0v) is 22.7. The maximum atomic E-state index is 15.4. The predicted octanol–water partition coefficient (Wildman–Crippen LogP) is 5.58. The first-order valence-electron chi connectivity index (χ1n) is 13.4. The lowest BCUT2D eigenvalue weighted by atomic mass is 10.1. The molecule has 1 aliphatic rings. The molecule has 3 heterocycles. The van der Waals surface area contributed by atoms with Gasteiger partial charge in [0.05, 0.1) is 41.6 Å². The summed E-state index contributed by atoms with van der Waals surface area (Å²) in [5.74, 6) is -4.04. The number of aromatic carboxylic acids is 1. The van der Waals surface area contributed by atoms with Crippen LogP contribution in [-0.2, 0) is 24.3 Å². The van der Waals surface area contributed by atoms with Gasteiger partial charge in [-0.15, -0.1) is 0 Å². The number of nitrogens with zero attached hydrogens (tertiary/aromatic N) is 5. The van der Waals surface area contributed by atoms with Crippen LogP contribution in [0, 0.1) is 34.6 Å². The van der Waals surface area contributed by atoms with Gasteiger partial charge in [-0.1, -0.05) is 18.2 Å². The van der Waals surface area contributed by atoms with E-state index in [-0.39, 0.29) is 76.2 Å². The molecule has 0 aliphatic carbocycles. The van der Waals surface area contributed by atoms with E-state index in [0.29, 0.717) is 12.4 Å². The van der Waals surface area contributed by atoms with E-state index < -0.39 is 29.2 Å².